The molecule has 2 aromatic heterocycles. The number of hydrogen-bond acceptors (Lipinski definition) is 7. The van der Waals surface area contributed by atoms with Crippen molar-refractivity contribution in [3.63, 3.8) is 0 Å². The second-order valence-electron chi connectivity index (χ2n) is 7.03. The van der Waals surface area contributed by atoms with Gasteiger partial charge in [-0.15, -0.1) is 15.3 Å². The van der Waals surface area contributed by atoms with E-state index in [0.29, 0.717) is 40.7 Å². The summed E-state index contributed by atoms with van der Waals surface area (Å²) in [6.45, 7) is 5.05. The molecule has 2 heterocycles. The van der Waals surface area contributed by atoms with E-state index < -0.39 is 0 Å². The Morgan fingerprint density at radius 1 is 0.967 bits per heavy atom. The third kappa shape index (κ3) is 4.67. The normalized spacial score (nSPS) is 11.5. The summed E-state index contributed by atoms with van der Waals surface area (Å²) in [5, 5.41) is 13.5. The lowest BCUT2D eigenvalue weighted by atomic mass is 10.2. The lowest BCUT2D eigenvalue weighted by molar-refractivity contribution is 0.138. The molecule has 0 unspecified atom stereocenters. The molecule has 0 aliphatic carbocycles. The zero-order chi connectivity index (χ0) is 21.1. The molecule has 0 saturated carbocycles. The molecule has 9 heteroatoms. The Hall–Kier alpha value is -2.81. The number of aromatic nitrogens is 4. The highest BCUT2D eigenvalue weighted by Crippen LogP contribution is 2.22. The quantitative estimate of drug-likeness (QED) is 0.353. The van der Waals surface area contributed by atoms with Crippen molar-refractivity contribution in [2.24, 2.45) is 0 Å². The van der Waals surface area contributed by atoms with E-state index in [1.54, 1.807) is 16.8 Å². The molecular formula is C21H20ClN5O2S. The molecule has 4 aromatic rings. The Balaban J connectivity index is 1.51. The molecule has 154 valence electrons. The number of benzene rings is 2. The maximum absolute atomic E-state index is 5.95. The van der Waals surface area contributed by atoms with Crippen LogP contribution in [0.25, 0.3) is 22.9 Å². The maximum atomic E-state index is 5.95. The van der Waals surface area contributed by atoms with Gasteiger partial charge in [0.25, 0.3) is 4.84 Å². The molecule has 30 heavy (non-hydrogen) atoms. The smallest absolute Gasteiger partial charge is 0.288 e. The van der Waals surface area contributed by atoms with Gasteiger partial charge in [-0.25, -0.2) is 4.68 Å². The molecular weight excluding hydrogens is 422 g/mol. The van der Waals surface area contributed by atoms with Crippen molar-refractivity contribution in [3.8, 4) is 22.9 Å². The van der Waals surface area contributed by atoms with E-state index in [4.69, 9.17) is 32.7 Å². The summed E-state index contributed by atoms with van der Waals surface area (Å²) < 4.78 is 13.2. The highest BCUT2D eigenvalue weighted by molar-refractivity contribution is 7.71. The zero-order valence-electron chi connectivity index (χ0n) is 16.5. The molecule has 0 N–H and O–H groups in total. The number of hydrogen-bond donors (Lipinski definition) is 0. The molecule has 4 rings (SSSR count). The summed E-state index contributed by atoms with van der Waals surface area (Å²) >= 11 is 11.3. The Kier molecular flexibility index (Phi) is 6.08. The van der Waals surface area contributed by atoms with Crippen LogP contribution in [-0.4, -0.2) is 30.9 Å². The largest absolute Gasteiger partial charge is 0.419 e. The van der Waals surface area contributed by atoms with Gasteiger partial charge in [0.2, 0.25) is 17.7 Å². The van der Waals surface area contributed by atoms with Crippen LogP contribution >= 0.6 is 23.8 Å². The number of halogens is 1. The molecule has 0 spiro atoms. The monoisotopic (exact) mass is 441 g/mol. The standard InChI is InChI=1S/C21H20ClN5O2S/c1-14(2)26(12-18-23-24-19(28-18)15-6-4-3-5-7-15)13-27-21(30)29-20(25-27)16-8-10-17(22)11-9-16/h3-11,14H,12-13H2,1-2H3. The van der Waals surface area contributed by atoms with Gasteiger partial charge in [0.15, 0.2) is 0 Å². The Bertz CT molecular complexity index is 1170. The van der Waals surface area contributed by atoms with Crippen LogP contribution in [0.3, 0.4) is 0 Å². The fourth-order valence-corrected chi connectivity index (χ4v) is 3.16. The van der Waals surface area contributed by atoms with Crippen molar-refractivity contribution in [1.82, 2.24) is 24.9 Å². The van der Waals surface area contributed by atoms with Crippen LogP contribution in [0, 0.1) is 4.84 Å². The molecule has 0 atom stereocenters. The fourth-order valence-electron chi connectivity index (χ4n) is 2.86. The molecule has 0 fully saturated rings. The van der Waals surface area contributed by atoms with Crippen molar-refractivity contribution in [2.75, 3.05) is 0 Å². The summed E-state index contributed by atoms with van der Waals surface area (Å²) in [5.41, 5.74) is 1.70. The molecule has 0 radical (unpaired) electrons. The molecule has 2 aromatic carbocycles. The van der Waals surface area contributed by atoms with Crippen molar-refractivity contribution >= 4 is 23.8 Å². The Morgan fingerprint density at radius 2 is 1.67 bits per heavy atom. The van der Waals surface area contributed by atoms with Gasteiger partial charge in [0, 0.05) is 22.2 Å². The molecule has 0 aliphatic heterocycles. The molecule has 7 nitrogen and oxygen atoms in total. The highest BCUT2D eigenvalue weighted by atomic mass is 35.5. The molecule has 0 aliphatic rings. The average Bonchev–Trinajstić information content (AvgIpc) is 3.36. The summed E-state index contributed by atoms with van der Waals surface area (Å²) in [4.78, 5) is 2.41. The van der Waals surface area contributed by atoms with Gasteiger partial charge in [0.05, 0.1) is 13.2 Å². The topological polar surface area (TPSA) is 73.1 Å². The summed E-state index contributed by atoms with van der Waals surface area (Å²) in [6, 6.07) is 17.1. The van der Waals surface area contributed by atoms with E-state index in [2.05, 4.69) is 34.0 Å². The van der Waals surface area contributed by atoms with Gasteiger partial charge in [0.1, 0.15) is 0 Å². The fraction of sp³-hybridized carbons (Fsp3) is 0.238. The average molecular weight is 442 g/mol. The van der Waals surface area contributed by atoms with Gasteiger partial charge < -0.3 is 8.83 Å². The summed E-state index contributed by atoms with van der Waals surface area (Å²) in [6.07, 6.45) is 0. The lowest BCUT2D eigenvalue weighted by Crippen LogP contribution is -2.33. The van der Waals surface area contributed by atoms with E-state index in [1.165, 1.54) is 0 Å². The maximum Gasteiger partial charge on any atom is 0.288 e. The molecule has 0 amide bonds. The van der Waals surface area contributed by atoms with Gasteiger partial charge in [-0.1, -0.05) is 29.8 Å². The van der Waals surface area contributed by atoms with E-state index in [9.17, 15) is 0 Å². The van der Waals surface area contributed by atoms with Crippen LogP contribution in [0.5, 0.6) is 0 Å². The van der Waals surface area contributed by atoms with E-state index in [-0.39, 0.29) is 6.04 Å². The minimum atomic E-state index is 0.189. The van der Waals surface area contributed by atoms with Crippen LogP contribution in [0.1, 0.15) is 19.7 Å². The van der Waals surface area contributed by atoms with Crippen LogP contribution in [0.15, 0.2) is 63.4 Å². The first-order chi connectivity index (χ1) is 14.5. The van der Waals surface area contributed by atoms with Gasteiger partial charge in [-0.2, -0.15) is 0 Å². The molecule has 0 saturated heterocycles. The number of rotatable bonds is 7. The van der Waals surface area contributed by atoms with Crippen LogP contribution in [0.2, 0.25) is 5.02 Å². The Morgan fingerprint density at radius 3 is 2.37 bits per heavy atom. The summed E-state index contributed by atoms with van der Waals surface area (Å²) in [5.74, 6) is 1.47. The van der Waals surface area contributed by atoms with Crippen molar-refractivity contribution in [1.29, 1.82) is 0 Å². The summed E-state index contributed by atoms with van der Waals surface area (Å²) in [7, 11) is 0. The highest BCUT2D eigenvalue weighted by Gasteiger charge is 2.18. The van der Waals surface area contributed by atoms with E-state index in [1.807, 2.05) is 42.5 Å². The van der Waals surface area contributed by atoms with Gasteiger partial charge in [-0.3, -0.25) is 4.90 Å². The van der Waals surface area contributed by atoms with Gasteiger partial charge in [-0.05, 0) is 62.5 Å². The minimum Gasteiger partial charge on any atom is -0.419 e. The van der Waals surface area contributed by atoms with Crippen LogP contribution in [0.4, 0.5) is 0 Å². The van der Waals surface area contributed by atoms with Crippen molar-refractivity contribution in [2.45, 2.75) is 33.1 Å². The molecule has 0 bridgehead atoms. The van der Waals surface area contributed by atoms with Crippen LogP contribution in [-0.2, 0) is 13.2 Å². The van der Waals surface area contributed by atoms with Gasteiger partial charge >= 0.3 is 0 Å². The predicted octanol–water partition coefficient (Wildman–Crippen LogP) is 5.44. The second kappa shape index (κ2) is 8.91. The third-order valence-corrected chi connectivity index (χ3v) is 5.12. The van der Waals surface area contributed by atoms with E-state index in [0.717, 1.165) is 11.1 Å². The lowest BCUT2D eigenvalue weighted by Gasteiger charge is -2.23. The number of nitrogens with zero attached hydrogens (tertiary/aromatic N) is 5. The SMILES string of the molecule is CC(C)N(Cc1nnc(-c2ccccc2)o1)Cn1nc(-c2ccc(Cl)cc2)oc1=S. The van der Waals surface area contributed by atoms with Crippen molar-refractivity contribution in [3.05, 3.63) is 70.3 Å². The van der Waals surface area contributed by atoms with Crippen molar-refractivity contribution < 1.29 is 8.83 Å². The predicted molar refractivity (Wildman–Crippen MR) is 116 cm³/mol. The third-order valence-electron chi connectivity index (χ3n) is 4.57. The van der Waals surface area contributed by atoms with Crippen LogP contribution < -0.4 is 0 Å². The first kappa shape index (κ1) is 20.5. The first-order valence-corrected chi connectivity index (χ1v) is 10.2. The zero-order valence-corrected chi connectivity index (χ0v) is 18.1. The Labute approximate surface area is 183 Å². The second-order valence-corrected chi connectivity index (χ2v) is 7.81. The first-order valence-electron chi connectivity index (χ1n) is 9.45. The van der Waals surface area contributed by atoms with E-state index >= 15 is 0 Å². The minimum absolute atomic E-state index is 0.189.